The molecule has 4 rings (SSSR count). The van der Waals surface area contributed by atoms with Gasteiger partial charge in [0.15, 0.2) is 5.69 Å². The molecule has 1 saturated heterocycles. The molecule has 6 heteroatoms. The number of aromatic nitrogens is 2. The highest BCUT2D eigenvalue weighted by Crippen LogP contribution is 2.28. The molecule has 2 aliphatic rings. The van der Waals surface area contributed by atoms with Gasteiger partial charge >= 0.3 is 0 Å². The number of halogens is 1. The molecule has 2 heterocycles. The van der Waals surface area contributed by atoms with Gasteiger partial charge in [0.1, 0.15) is 0 Å². The van der Waals surface area contributed by atoms with Crippen molar-refractivity contribution < 1.29 is 4.79 Å². The van der Waals surface area contributed by atoms with Crippen LogP contribution in [0.5, 0.6) is 0 Å². The maximum absolute atomic E-state index is 12.7. The molecule has 1 aliphatic carbocycles. The minimum Gasteiger partial charge on any atom is -0.351 e. The van der Waals surface area contributed by atoms with Gasteiger partial charge in [-0.3, -0.25) is 4.79 Å². The highest BCUT2D eigenvalue weighted by molar-refractivity contribution is 5.94. The fraction of sp³-hybridized carbons (Fsp3) is 0.500. The van der Waals surface area contributed by atoms with E-state index in [1.807, 2.05) is 4.68 Å². The molecule has 1 aromatic carbocycles. The number of carbonyl (C=O) groups excluding carboxylic acids is 1. The lowest BCUT2D eigenvalue weighted by Gasteiger charge is -2.09. The molecule has 140 valence electrons. The van der Waals surface area contributed by atoms with E-state index in [-0.39, 0.29) is 18.3 Å². The number of benzene rings is 1. The summed E-state index contributed by atoms with van der Waals surface area (Å²) in [5, 5.41) is 11.1. The zero-order valence-corrected chi connectivity index (χ0v) is 16.1. The molecule has 0 radical (unpaired) electrons. The van der Waals surface area contributed by atoms with Gasteiger partial charge in [-0.25, -0.2) is 4.68 Å². The van der Waals surface area contributed by atoms with Crippen LogP contribution in [0.2, 0.25) is 0 Å². The second-order valence-corrected chi connectivity index (χ2v) is 7.28. The SMILES string of the molecule is Cc1ccc(-n2nc(C(=O)NCCC3CCNC3)c3c2CCC3)cc1.Cl. The zero-order chi connectivity index (χ0) is 17.2. The molecule has 1 aromatic heterocycles. The highest BCUT2D eigenvalue weighted by Gasteiger charge is 2.27. The maximum atomic E-state index is 12.7. The van der Waals surface area contributed by atoms with Crippen LogP contribution in [0.4, 0.5) is 0 Å². The minimum absolute atomic E-state index is 0. The Bertz CT molecular complexity index is 763. The van der Waals surface area contributed by atoms with Gasteiger partial charge in [-0.1, -0.05) is 17.7 Å². The molecule has 0 spiro atoms. The molecule has 2 aromatic rings. The topological polar surface area (TPSA) is 59.0 Å². The standard InChI is InChI=1S/C20H26N4O.ClH/c1-14-5-7-16(8-6-14)24-18-4-2-3-17(18)19(23-24)20(25)22-12-10-15-9-11-21-13-15;/h5-8,15,21H,2-4,9-13H2,1H3,(H,22,25);1H. The third-order valence-corrected chi connectivity index (χ3v) is 5.42. The first-order chi connectivity index (χ1) is 12.2. The van der Waals surface area contributed by atoms with Crippen LogP contribution in [-0.2, 0) is 12.8 Å². The Morgan fingerprint density at radius 1 is 1.31 bits per heavy atom. The van der Waals surface area contributed by atoms with Gasteiger partial charge in [-0.2, -0.15) is 5.10 Å². The third kappa shape index (κ3) is 3.79. The van der Waals surface area contributed by atoms with E-state index >= 15 is 0 Å². The van der Waals surface area contributed by atoms with Gasteiger partial charge in [0.05, 0.1) is 5.69 Å². The highest BCUT2D eigenvalue weighted by atomic mass is 35.5. The Morgan fingerprint density at radius 3 is 2.85 bits per heavy atom. The van der Waals surface area contributed by atoms with Gasteiger partial charge in [-0.05, 0) is 70.2 Å². The van der Waals surface area contributed by atoms with Crippen molar-refractivity contribution in [2.45, 2.75) is 39.0 Å². The molecule has 1 aliphatic heterocycles. The molecule has 1 fully saturated rings. The number of carbonyl (C=O) groups is 1. The van der Waals surface area contributed by atoms with Crippen LogP contribution >= 0.6 is 12.4 Å². The van der Waals surface area contributed by atoms with Crippen LogP contribution in [0.3, 0.4) is 0 Å². The fourth-order valence-corrected chi connectivity index (χ4v) is 3.95. The lowest BCUT2D eigenvalue weighted by atomic mass is 10.1. The zero-order valence-electron chi connectivity index (χ0n) is 15.3. The normalized spacial score (nSPS) is 18.4. The molecule has 1 unspecified atom stereocenters. The van der Waals surface area contributed by atoms with Crippen LogP contribution in [0.1, 0.15) is 46.6 Å². The largest absolute Gasteiger partial charge is 0.351 e. The van der Waals surface area contributed by atoms with E-state index in [1.54, 1.807) is 0 Å². The number of amides is 1. The van der Waals surface area contributed by atoms with Crippen molar-refractivity contribution in [3.63, 3.8) is 0 Å². The minimum atomic E-state index is -0.0185. The quantitative estimate of drug-likeness (QED) is 0.846. The van der Waals surface area contributed by atoms with Gasteiger partial charge in [0.2, 0.25) is 0 Å². The number of nitrogens with zero attached hydrogens (tertiary/aromatic N) is 2. The number of fused-ring (bicyclic) bond motifs is 1. The third-order valence-electron chi connectivity index (χ3n) is 5.42. The lowest BCUT2D eigenvalue weighted by Crippen LogP contribution is -2.27. The van der Waals surface area contributed by atoms with E-state index in [0.29, 0.717) is 11.6 Å². The summed E-state index contributed by atoms with van der Waals surface area (Å²) >= 11 is 0. The Morgan fingerprint density at radius 2 is 2.12 bits per heavy atom. The van der Waals surface area contributed by atoms with Crippen LogP contribution in [0.15, 0.2) is 24.3 Å². The summed E-state index contributed by atoms with van der Waals surface area (Å²) in [7, 11) is 0. The predicted molar refractivity (Wildman–Crippen MR) is 106 cm³/mol. The monoisotopic (exact) mass is 374 g/mol. The Labute approximate surface area is 161 Å². The molecule has 1 amide bonds. The van der Waals surface area contributed by atoms with Crippen LogP contribution in [0.25, 0.3) is 5.69 Å². The maximum Gasteiger partial charge on any atom is 0.272 e. The fourth-order valence-electron chi connectivity index (χ4n) is 3.95. The summed E-state index contributed by atoms with van der Waals surface area (Å²) in [5.74, 6) is 0.672. The van der Waals surface area contributed by atoms with E-state index in [9.17, 15) is 4.79 Å². The van der Waals surface area contributed by atoms with Crippen molar-refractivity contribution in [2.75, 3.05) is 19.6 Å². The van der Waals surface area contributed by atoms with Crippen LogP contribution < -0.4 is 10.6 Å². The molecule has 1 atom stereocenters. The summed E-state index contributed by atoms with van der Waals surface area (Å²) in [6.07, 6.45) is 5.31. The molecular formula is C20H27ClN4O. The summed E-state index contributed by atoms with van der Waals surface area (Å²) in [6.45, 7) is 4.99. The van der Waals surface area contributed by atoms with Crippen molar-refractivity contribution in [1.29, 1.82) is 0 Å². The Kier molecular flexibility index (Phi) is 5.99. The molecule has 5 nitrogen and oxygen atoms in total. The second-order valence-electron chi connectivity index (χ2n) is 7.28. The first-order valence-corrected chi connectivity index (χ1v) is 9.39. The number of hydrogen-bond acceptors (Lipinski definition) is 3. The number of aryl methyl sites for hydroxylation is 1. The van der Waals surface area contributed by atoms with E-state index in [2.05, 4.69) is 46.9 Å². The summed E-state index contributed by atoms with van der Waals surface area (Å²) < 4.78 is 1.97. The van der Waals surface area contributed by atoms with Crippen LogP contribution in [0, 0.1) is 12.8 Å². The average Bonchev–Trinajstić information content (AvgIpc) is 3.33. The van der Waals surface area contributed by atoms with E-state index in [4.69, 9.17) is 0 Å². The molecule has 0 saturated carbocycles. The molecule has 2 N–H and O–H groups in total. The predicted octanol–water partition coefficient (Wildman–Crippen LogP) is 2.82. The van der Waals surface area contributed by atoms with Crippen molar-refractivity contribution >= 4 is 18.3 Å². The molecule has 26 heavy (non-hydrogen) atoms. The van der Waals surface area contributed by atoms with Crippen molar-refractivity contribution in [3.8, 4) is 5.69 Å². The van der Waals surface area contributed by atoms with Crippen molar-refractivity contribution in [2.24, 2.45) is 5.92 Å². The average molecular weight is 375 g/mol. The Balaban J connectivity index is 0.00000196. The first-order valence-electron chi connectivity index (χ1n) is 9.39. The second kappa shape index (κ2) is 8.23. The van der Waals surface area contributed by atoms with E-state index < -0.39 is 0 Å². The van der Waals surface area contributed by atoms with Crippen molar-refractivity contribution in [1.82, 2.24) is 20.4 Å². The number of hydrogen-bond donors (Lipinski definition) is 2. The summed E-state index contributed by atoms with van der Waals surface area (Å²) in [4.78, 5) is 12.7. The van der Waals surface area contributed by atoms with Crippen LogP contribution in [-0.4, -0.2) is 35.3 Å². The van der Waals surface area contributed by atoms with Gasteiger partial charge in [-0.15, -0.1) is 12.4 Å². The van der Waals surface area contributed by atoms with Gasteiger partial charge < -0.3 is 10.6 Å². The summed E-state index contributed by atoms with van der Waals surface area (Å²) in [6, 6.07) is 8.34. The van der Waals surface area contributed by atoms with Gasteiger partial charge in [0.25, 0.3) is 5.91 Å². The lowest BCUT2D eigenvalue weighted by molar-refractivity contribution is 0.0945. The number of rotatable bonds is 5. The van der Waals surface area contributed by atoms with E-state index in [0.717, 1.165) is 56.6 Å². The first kappa shape index (κ1) is 18.9. The molecular weight excluding hydrogens is 348 g/mol. The Hall–Kier alpha value is -1.85. The van der Waals surface area contributed by atoms with Crippen molar-refractivity contribution in [3.05, 3.63) is 46.8 Å². The molecule has 0 bridgehead atoms. The van der Waals surface area contributed by atoms with E-state index in [1.165, 1.54) is 17.7 Å². The van der Waals surface area contributed by atoms with Gasteiger partial charge in [0, 0.05) is 17.8 Å². The number of nitrogens with one attached hydrogen (secondary N) is 2. The summed E-state index contributed by atoms with van der Waals surface area (Å²) in [5.41, 5.74) is 5.24. The smallest absolute Gasteiger partial charge is 0.272 e.